The highest BCUT2D eigenvalue weighted by atomic mass is 32.2. The first-order valence-corrected chi connectivity index (χ1v) is 11.9. The number of nitrogens with zero attached hydrogens (tertiary/aromatic N) is 3. The van der Waals surface area contributed by atoms with Crippen LogP contribution in [0.1, 0.15) is 45.4 Å². The first-order chi connectivity index (χ1) is 13.5. The third kappa shape index (κ3) is 3.85. The number of nitrogens with one attached hydrogen (secondary N) is 1. The smallest absolute Gasteiger partial charge is 0.334 e. The van der Waals surface area contributed by atoms with Gasteiger partial charge in [0.1, 0.15) is 21.3 Å². The number of amides is 4. The third-order valence-corrected chi connectivity index (χ3v) is 7.49. The van der Waals surface area contributed by atoms with Crippen LogP contribution in [-0.4, -0.2) is 68.1 Å². The molecule has 2 aliphatic heterocycles. The Morgan fingerprint density at radius 1 is 1.17 bits per heavy atom. The van der Waals surface area contributed by atoms with Crippen molar-refractivity contribution < 1.29 is 18.6 Å². The molecule has 0 aromatic heterocycles. The van der Waals surface area contributed by atoms with Gasteiger partial charge in [-0.2, -0.15) is 0 Å². The van der Waals surface area contributed by atoms with E-state index in [9.17, 15) is 18.6 Å². The van der Waals surface area contributed by atoms with Gasteiger partial charge >= 0.3 is 6.03 Å². The minimum absolute atomic E-state index is 0.0125. The molecule has 4 amide bonds. The summed E-state index contributed by atoms with van der Waals surface area (Å²) >= 11 is 0. The number of nitrogens with two attached hydrogens (primary N) is 2. The van der Waals surface area contributed by atoms with Gasteiger partial charge in [-0.05, 0) is 37.5 Å². The van der Waals surface area contributed by atoms with Gasteiger partial charge in [-0.1, -0.05) is 13.3 Å². The number of barbiturate groups is 1. The van der Waals surface area contributed by atoms with Crippen LogP contribution in [0.25, 0.3) is 0 Å². The molecule has 1 atom stereocenters. The summed E-state index contributed by atoms with van der Waals surface area (Å²) in [7, 11) is -2.70. The number of hydrogen-bond acceptors (Lipinski definition) is 7. The average Bonchev–Trinajstić information content (AvgIpc) is 2.59. The molecule has 0 radical (unpaired) electrons. The van der Waals surface area contributed by atoms with E-state index >= 15 is 0 Å². The molecule has 3 aliphatic rings. The zero-order chi connectivity index (χ0) is 21.6. The number of imide groups is 2. The number of carbonyl (C=O) groups is 3. The maximum Gasteiger partial charge on any atom is 0.334 e. The van der Waals surface area contributed by atoms with Crippen LogP contribution in [0.5, 0.6) is 0 Å². The molecule has 1 spiro atoms. The summed E-state index contributed by atoms with van der Waals surface area (Å²) in [5, 5.41) is 0. The van der Waals surface area contributed by atoms with E-state index < -0.39 is 27.8 Å². The van der Waals surface area contributed by atoms with Crippen molar-refractivity contribution in [2.24, 2.45) is 16.9 Å². The summed E-state index contributed by atoms with van der Waals surface area (Å²) in [4.78, 5) is 40.7. The molecule has 0 aromatic carbocycles. The Bertz CT molecular complexity index is 848. The molecule has 162 valence electrons. The highest BCUT2D eigenvalue weighted by molar-refractivity contribution is 7.89. The highest BCUT2D eigenvalue weighted by Gasteiger charge is 2.51. The molecule has 5 N–H and O–H groups in total. The number of unbranched alkanes of at least 4 members (excludes halogenated alkanes) is 1. The first kappa shape index (κ1) is 21.6. The average molecular weight is 427 g/mol. The molecular formula is C18H30N6O4S. The lowest BCUT2D eigenvalue weighted by Crippen LogP contribution is -2.63. The maximum atomic E-state index is 13.0. The lowest BCUT2D eigenvalue weighted by molar-refractivity contribution is -0.138. The largest absolute Gasteiger partial charge is 0.385 e. The summed E-state index contributed by atoms with van der Waals surface area (Å²) in [5.41, 5.74) is 10.9. The van der Waals surface area contributed by atoms with Crippen LogP contribution in [-0.2, 0) is 19.5 Å². The molecule has 2 heterocycles. The molecule has 3 rings (SSSR count). The predicted molar refractivity (Wildman–Crippen MR) is 107 cm³/mol. The van der Waals surface area contributed by atoms with Gasteiger partial charge in [0.2, 0.25) is 0 Å². The van der Waals surface area contributed by atoms with Gasteiger partial charge in [0.05, 0.1) is 0 Å². The molecule has 11 heteroatoms. The van der Waals surface area contributed by atoms with Crippen LogP contribution in [0.2, 0.25) is 0 Å². The van der Waals surface area contributed by atoms with Crippen molar-refractivity contribution in [2.45, 2.75) is 51.5 Å². The molecule has 2 saturated heterocycles. The number of rotatable bonds is 5. The highest BCUT2D eigenvalue weighted by Crippen LogP contribution is 2.46. The second-order valence-electron chi connectivity index (χ2n) is 8.43. The van der Waals surface area contributed by atoms with E-state index in [4.69, 9.17) is 16.2 Å². The normalized spacial score (nSPS) is 25.3. The Kier molecular flexibility index (Phi) is 5.65. The lowest BCUT2D eigenvalue weighted by atomic mass is 9.68. The summed E-state index contributed by atoms with van der Waals surface area (Å²) in [6, 6.07) is -0.930. The molecule has 0 bridgehead atoms. The quantitative estimate of drug-likeness (QED) is 0.431. The van der Waals surface area contributed by atoms with Gasteiger partial charge in [-0.3, -0.25) is 19.4 Å². The number of carbonyl (C=O) groups excluding carboxylic acids is 3. The van der Waals surface area contributed by atoms with Crippen molar-refractivity contribution in [3.05, 3.63) is 11.4 Å². The topological polar surface area (TPSA) is 154 Å². The van der Waals surface area contributed by atoms with E-state index in [1.54, 1.807) is 4.31 Å². The Morgan fingerprint density at radius 3 is 2.24 bits per heavy atom. The Hall–Kier alpha value is -2.14. The van der Waals surface area contributed by atoms with Crippen molar-refractivity contribution >= 4 is 27.8 Å². The summed E-state index contributed by atoms with van der Waals surface area (Å²) in [6.07, 6.45) is 5.57. The van der Waals surface area contributed by atoms with Gasteiger partial charge in [0.15, 0.2) is 0 Å². The predicted octanol–water partition coefficient (Wildman–Crippen LogP) is 0.542. The monoisotopic (exact) mass is 426 g/mol. The molecule has 1 aliphatic carbocycles. The van der Waals surface area contributed by atoms with Crippen molar-refractivity contribution in [3.63, 3.8) is 0 Å². The fourth-order valence-electron chi connectivity index (χ4n) is 4.47. The molecular weight excluding hydrogens is 396 g/mol. The second-order valence-corrected chi connectivity index (χ2v) is 10.6. The van der Waals surface area contributed by atoms with Crippen LogP contribution in [0, 0.1) is 10.2 Å². The maximum absolute atomic E-state index is 13.0. The molecule has 29 heavy (non-hydrogen) atoms. The van der Waals surface area contributed by atoms with E-state index in [1.807, 2.05) is 6.92 Å². The van der Waals surface area contributed by atoms with Crippen LogP contribution >= 0.6 is 0 Å². The molecule has 1 saturated carbocycles. The lowest BCUT2D eigenvalue weighted by Gasteiger charge is -2.54. The van der Waals surface area contributed by atoms with Crippen molar-refractivity contribution in [1.82, 2.24) is 14.1 Å². The zero-order valence-corrected chi connectivity index (χ0v) is 17.8. The van der Waals surface area contributed by atoms with Gasteiger partial charge in [0, 0.05) is 31.9 Å². The molecule has 0 aromatic rings. The Labute approximate surface area is 171 Å². The van der Waals surface area contributed by atoms with E-state index in [0.29, 0.717) is 32.4 Å². The summed E-state index contributed by atoms with van der Waals surface area (Å²) in [6.45, 7) is 3.36. The Balaban J connectivity index is 1.76. The van der Waals surface area contributed by atoms with Gasteiger partial charge in [-0.25, -0.2) is 18.1 Å². The van der Waals surface area contributed by atoms with Crippen molar-refractivity contribution in [3.8, 4) is 0 Å². The van der Waals surface area contributed by atoms with Crippen molar-refractivity contribution in [2.75, 3.05) is 25.9 Å². The van der Waals surface area contributed by atoms with Crippen LogP contribution in [0.3, 0.4) is 0 Å². The van der Waals surface area contributed by atoms with E-state index in [0.717, 1.165) is 29.1 Å². The summed E-state index contributed by atoms with van der Waals surface area (Å²) < 4.78 is 21.2. The minimum atomic E-state index is -2.70. The van der Waals surface area contributed by atoms with Crippen LogP contribution < -0.4 is 11.5 Å². The molecule has 3 fully saturated rings. The third-order valence-electron chi connectivity index (χ3n) is 6.25. The minimum Gasteiger partial charge on any atom is -0.385 e. The Morgan fingerprint density at radius 2 is 1.76 bits per heavy atom. The van der Waals surface area contributed by atoms with Gasteiger partial charge in [0.25, 0.3) is 11.8 Å². The summed E-state index contributed by atoms with van der Waals surface area (Å²) in [5.74, 6) is -1.81. The molecule has 10 nitrogen and oxygen atoms in total. The fourth-order valence-corrected chi connectivity index (χ4v) is 5.51. The van der Waals surface area contributed by atoms with E-state index in [-0.39, 0.29) is 29.4 Å². The fraction of sp³-hybridized carbons (Fsp3) is 0.722. The van der Waals surface area contributed by atoms with Crippen LogP contribution in [0.15, 0.2) is 11.4 Å². The van der Waals surface area contributed by atoms with Crippen molar-refractivity contribution in [1.29, 1.82) is 4.78 Å². The molecule has 1 unspecified atom stereocenters. The van der Waals surface area contributed by atoms with Crippen LogP contribution in [0.4, 0.5) is 4.79 Å². The first-order valence-electron chi connectivity index (χ1n) is 9.94. The van der Waals surface area contributed by atoms with E-state index in [1.165, 1.54) is 6.26 Å². The SMILES string of the molecule is CCCCN1C(=O)C(=C(N)N)C(=O)N(C2CCC3(CC2)CN(S(C)(=N)=O)C3)C1=O. The zero-order valence-electron chi connectivity index (χ0n) is 17.0. The number of hydrogen-bond donors (Lipinski definition) is 3. The van der Waals surface area contributed by atoms with E-state index in [2.05, 4.69) is 0 Å². The second kappa shape index (κ2) is 7.60. The van der Waals surface area contributed by atoms with Gasteiger partial charge < -0.3 is 11.5 Å². The van der Waals surface area contributed by atoms with Gasteiger partial charge in [-0.15, -0.1) is 0 Å². The standard InChI is InChI=1S/C18H30N6O4S/c1-3-4-9-23-15(25)13(14(19)20)16(26)24(17(23)27)12-5-7-18(8-6-12)10-22(11-18)29(2,21)28/h12,21H,3-11,19-20H2,1-2H3. The number of urea groups is 1.